The van der Waals surface area contributed by atoms with Crippen LogP contribution in [0.1, 0.15) is 29.6 Å². The number of nitrogen functional groups attached to an aromatic ring is 1. The highest BCUT2D eigenvalue weighted by Crippen LogP contribution is 2.30. The molecule has 4 aromatic rings. The third-order valence-electron chi connectivity index (χ3n) is 5.91. The Morgan fingerprint density at radius 2 is 1.79 bits per heavy atom. The van der Waals surface area contributed by atoms with Crippen molar-refractivity contribution in [3.63, 3.8) is 0 Å². The number of nitrogens with two attached hydrogens (primary N) is 1. The molecule has 5 rings (SSSR count). The molecule has 0 atom stereocenters. The van der Waals surface area contributed by atoms with Gasteiger partial charge in [-0.25, -0.2) is 18.4 Å². The third kappa shape index (κ3) is 4.06. The van der Waals surface area contributed by atoms with Crippen LogP contribution in [0, 0.1) is 0 Å². The van der Waals surface area contributed by atoms with Crippen LogP contribution in [-0.2, 0) is 9.84 Å². The van der Waals surface area contributed by atoms with E-state index < -0.39 is 15.1 Å². The van der Waals surface area contributed by atoms with Gasteiger partial charge in [0.25, 0.3) is 5.89 Å². The minimum absolute atomic E-state index is 0. The van der Waals surface area contributed by atoms with Gasteiger partial charge in [-0.2, -0.15) is 0 Å². The Bertz CT molecular complexity index is 1460. The van der Waals surface area contributed by atoms with E-state index in [1.54, 1.807) is 38.1 Å². The maximum absolute atomic E-state index is 12.4. The maximum Gasteiger partial charge on any atom is 0.270 e. The van der Waals surface area contributed by atoms with Crippen molar-refractivity contribution < 1.29 is 17.1 Å². The van der Waals surface area contributed by atoms with Crippen molar-refractivity contribution in [2.75, 3.05) is 18.8 Å². The van der Waals surface area contributed by atoms with E-state index in [-0.39, 0.29) is 26.6 Å². The number of nitrogens with zero attached hydrogens (tertiary/aromatic N) is 4. The molecule has 34 heavy (non-hydrogen) atoms. The molecule has 0 radical (unpaired) electrons. The monoisotopic (exact) mass is 482 g/mol. The van der Waals surface area contributed by atoms with Gasteiger partial charge in [0.05, 0.1) is 22.0 Å². The molecule has 3 N–H and O–H groups in total. The summed E-state index contributed by atoms with van der Waals surface area (Å²) in [5.41, 5.74) is 9.59. The lowest BCUT2D eigenvalue weighted by atomic mass is 9.92. The number of aromatic nitrogens is 4. The molecule has 3 heterocycles. The Morgan fingerprint density at radius 1 is 1.06 bits per heavy atom. The first kappa shape index (κ1) is 22.2. The van der Waals surface area contributed by atoms with Crippen molar-refractivity contribution in [1.82, 2.24) is 25.5 Å². The SMILES string of the molecule is CC(C)S(=O)(=O)c1ccc(-c2cnc(N)c(-c3nnc(-c4cccc(C5CNC5)c4)o3)n2)cc1.[HH].[HH].[HH]. The van der Waals surface area contributed by atoms with E-state index in [9.17, 15) is 8.42 Å². The molecule has 0 spiro atoms. The summed E-state index contributed by atoms with van der Waals surface area (Å²) in [5, 5.41) is 11.1. The molecule has 2 aromatic carbocycles. The molecule has 0 amide bonds. The van der Waals surface area contributed by atoms with Crippen LogP contribution in [0.2, 0.25) is 0 Å². The predicted molar refractivity (Wildman–Crippen MR) is 135 cm³/mol. The highest BCUT2D eigenvalue weighted by molar-refractivity contribution is 7.92. The molecule has 10 heteroatoms. The first-order valence-corrected chi connectivity index (χ1v) is 12.5. The Labute approximate surface area is 201 Å². The summed E-state index contributed by atoms with van der Waals surface area (Å²) in [4.78, 5) is 9.07. The van der Waals surface area contributed by atoms with E-state index in [0.717, 1.165) is 18.7 Å². The van der Waals surface area contributed by atoms with Gasteiger partial charge in [0, 0.05) is 34.4 Å². The quantitative estimate of drug-likeness (QED) is 0.417. The van der Waals surface area contributed by atoms with Crippen LogP contribution in [0.15, 0.2) is 64.0 Å². The van der Waals surface area contributed by atoms with Crippen molar-refractivity contribution in [3.05, 3.63) is 60.3 Å². The molecule has 2 aromatic heterocycles. The molecule has 1 saturated heterocycles. The van der Waals surface area contributed by atoms with Crippen LogP contribution >= 0.6 is 0 Å². The zero-order valence-electron chi connectivity index (χ0n) is 18.8. The lowest BCUT2D eigenvalue weighted by Crippen LogP contribution is -2.39. The van der Waals surface area contributed by atoms with Gasteiger partial charge < -0.3 is 15.5 Å². The average Bonchev–Trinajstić information content (AvgIpc) is 3.29. The summed E-state index contributed by atoms with van der Waals surface area (Å²) in [7, 11) is -3.36. The summed E-state index contributed by atoms with van der Waals surface area (Å²) in [6.45, 7) is 5.23. The topological polar surface area (TPSA) is 137 Å². The van der Waals surface area contributed by atoms with Crippen molar-refractivity contribution in [3.8, 4) is 34.3 Å². The van der Waals surface area contributed by atoms with Gasteiger partial charge in [-0.1, -0.05) is 24.3 Å². The zero-order chi connectivity index (χ0) is 23.9. The van der Waals surface area contributed by atoms with Gasteiger partial charge in [-0.05, 0) is 43.7 Å². The molecular weight excluding hydrogens is 452 g/mol. The number of nitrogens with one attached hydrogen (secondary N) is 1. The second-order valence-electron chi connectivity index (χ2n) is 8.50. The highest BCUT2D eigenvalue weighted by Gasteiger charge is 2.22. The van der Waals surface area contributed by atoms with Crippen LogP contribution in [-0.4, -0.2) is 46.9 Å². The normalized spacial score (nSPS) is 14.3. The minimum atomic E-state index is -3.36. The molecule has 1 fully saturated rings. The second-order valence-corrected chi connectivity index (χ2v) is 11.0. The van der Waals surface area contributed by atoms with E-state index in [4.69, 9.17) is 10.2 Å². The largest absolute Gasteiger partial charge is 0.414 e. The summed E-state index contributed by atoms with van der Waals surface area (Å²) in [5.74, 6) is 1.19. The smallest absolute Gasteiger partial charge is 0.270 e. The lowest BCUT2D eigenvalue weighted by Gasteiger charge is -2.27. The first-order chi connectivity index (χ1) is 16.3. The Hall–Kier alpha value is -3.63. The van der Waals surface area contributed by atoms with Crippen LogP contribution < -0.4 is 11.1 Å². The first-order valence-electron chi connectivity index (χ1n) is 10.9. The molecule has 1 aliphatic rings. The number of hydrogen-bond donors (Lipinski definition) is 2. The van der Waals surface area contributed by atoms with Gasteiger partial charge >= 0.3 is 0 Å². The van der Waals surface area contributed by atoms with Crippen LogP contribution in [0.25, 0.3) is 34.3 Å². The minimum Gasteiger partial charge on any atom is -0.414 e. The second kappa shape index (κ2) is 8.62. The molecule has 0 unspecified atom stereocenters. The van der Waals surface area contributed by atoms with Crippen molar-refractivity contribution in [1.29, 1.82) is 0 Å². The van der Waals surface area contributed by atoms with E-state index in [1.165, 1.54) is 11.8 Å². The molecular formula is C24H30N6O3S. The summed E-state index contributed by atoms with van der Waals surface area (Å²) >= 11 is 0. The fourth-order valence-corrected chi connectivity index (χ4v) is 4.73. The average molecular weight is 483 g/mol. The molecule has 1 aliphatic heterocycles. The van der Waals surface area contributed by atoms with Crippen molar-refractivity contribution in [2.45, 2.75) is 29.9 Å². The molecule has 0 bridgehead atoms. The third-order valence-corrected chi connectivity index (χ3v) is 8.08. The predicted octanol–water partition coefficient (Wildman–Crippen LogP) is 4.05. The molecule has 180 valence electrons. The van der Waals surface area contributed by atoms with Gasteiger partial charge in [0.15, 0.2) is 21.3 Å². The van der Waals surface area contributed by atoms with E-state index >= 15 is 0 Å². The highest BCUT2D eigenvalue weighted by atomic mass is 32.2. The van der Waals surface area contributed by atoms with Crippen LogP contribution in [0.4, 0.5) is 5.82 Å². The fourth-order valence-electron chi connectivity index (χ4n) is 3.67. The zero-order valence-corrected chi connectivity index (χ0v) is 19.6. The van der Waals surface area contributed by atoms with E-state index in [1.807, 2.05) is 12.1 Å². The number of anilines is 1. The van der Waals surface area contributed by atoms with E-state index in [0.29, 0.717) is 23.1 Å². The Balaban J connectivity index is 0.00000160. The van der Waals surface area contributed by atoms with Gasteiger partial charge in [-0.3, -0.25) is 0 Å². The lowest BCUT2D eigenvalue weighted by molar-refractivity contribution is 0.448. The number of benzene rings is 2. The van der Waals surface area contributed by atoms with Crippen LogP contribution in [0.3, 0.4) is 0 Å². The fraction of sp³-hybridized carbons (Fsp3) is 0.250. The molecule has 0 saturated carbocycles. The maximum atomic E-state index is 12.4. The number of rotatable bonds is 6. The van der Waals surface area contributed by atoms with Gasteiger partial charge in [0.1, 0.15) is 0 Å². The van der Waals surface area contributed by atoms with Crippen LogP contribution in [0.5, 0.6) is 0 Å². The molecule has 0 aliphatic carbocycles. The van der Waals surface area contributed by atoms with Crippen molar-refractivity contribution in [2.24, 2.45) is 0 Å². The van der Waals surface area contributed by atoms with Gasteiger partial charge in [-0.15, -0.1) is 10.2 Å². The summed E-state index contributed by atoms with van der Waals surface area (Å²) in [6.07, 6.45) is 1.53. The van der Waals surface area contributed by atoms with Crippen molar-refractivity contribution >= 4 is 15.7 Å². The van der Waals surface area contributed by atoms with Gasteiger partial charge in [0.2, 0.25) is 5.89 Å². The number of sulfone groups is 1. The Morgan fingerprint density at radius 3 is 2.47 bits per heavy atom. The Kier molecular flexibility index (Phi) is 5.62. The summed E-state index contributed by atoms with van der Waals surface area (Å²) < 4.78 is 30.7. The molecule has 9 nitrogen and oxygen atoms in total. The van der Waals surface area contributed by atoms with E-state index in [2.05, 4.69) is 37.6 Å². The number of hydrogen-bond acceptors (Lipinski definition) is 9. The summed E-state index contributed by atoms with van der Waals surface area (Å²) in [6, 6.07) is 14.6. The standard InChI is InChI=1S/C24H24N6O3S.3H2/c1-14(2)34(31,32)19-8-6-15(7-9-19)20-13-27-22(25)21(28-20)24-30-29-23(33-24)17-5-3-4-16(10-17)18-11-26-12-18;;;/h3-10,13-14,18,26H,11-12H2,1-2H3,(H2,25,27);3*1H.